The van der Waals surface area contributed by atoms with E-state index in [1.165, 1.54) is 12.0 Å². The minimum Gasteiger partial charge on any atom is -0.481 e. The van der Waals surface area contributed by atoms with Crippen LogP contribution in [-0.2, 0) is 22.6 Å². The fourth-order valence-electron chi connectivity index (χ4n) is 3.19. The summed E-state index contributed by atoms with van der Waals surface area (Å²) >= 11 is 0. The van der Waals surface area contributed by atoms with Crippen LogP contribution in [0.15, 0.2) is 30.7 Å². The van der Waals surface area contributed by atoms with Gasteiger partial charge in [0.05, 0.1) is 13.7 Å². The number of carbonyl (C=O) groups is 1. The lowest BCUT2D eigenvalue weighted by molar-refractivity contribution is -0.133. The van der Waals surface area contributed by atoms with Crippen molar-refractivity contribution in [3.05, 3.63) is 36.4 Å². The minimum absolute atomic E-state index is 0.0155. The molecular weight excluding hydrogens is 346 g/mol. The van der Waals surface area contributed by atoms with Gasteiger partial charge in [-0.1, -0.05) is 0 Å². The highest BCUT2D eigenvalue weighted by molar-refractivity contribution is 5.76. The smallest absolute Gasteiger partial charge is 0.248 e. The average Bonchev–Trinajstić information content (AvgIpc) is 3.03. The second kappa shape index (κ2) is 8.85. The van der Waals surface area contributed by atoms with E-state index in [4.69, 9.17) is 9.47 Å². The average molecular weight is 373 g/mol. The number of aromatic nitrogens is 3. The topological polar surface area (TPSA) is 72.7 Å². The Hall–Kier alpha value is -2.61. The van der Waals surface area contributed by atoms with Gasteiger partial charge in [0, 0.05) is 51.7 Å². The molecule has 0 bridgehead atoms. The highest BCUT2D eigenvalue weighted by Gasteiger charge is 2.23. The van der Waals surface area contributed by atoms with Crippen LogP contribution < -0.4 is 9.64 Å². The minimum atomic E-state index is -0.0155. The standard InChI is InChI=1S/C19H27N5O3/c1-22(2)19(25)13-27-8-6-15-10-23-7-4-5-16(23)12-24(11-15)17-9-18(26-3)21-14-20-17/h4-5,7,9,14-15H,6,8,10-13H2,1-3H3. The first kappa shape index (κ1) is 19.2. The van der Waals surface area contributed by atoms with Gasteiger partial charge in [-0.2, -0.15) is 0 Å². The molecule has 0 spiro atoms. The van der Waals surface area contributed by atoms with Gasteiger partial charge in [-0.05, 0) is 24.5 Å². The maximum atomic E-state index is 11.6. The normalized spacial score (nSPS) is 16.6. The van der Waals surface area contributed by atoms with E-state index in [0.717, 1.165) is 31.9 Å². The Morgan fingerprint density at radius 3 is 2.96 bits per heavy atom. The number of ether oxygens (including phenoxy) is 2. The molecule has 2 aromatic rings. The molecule has 0 saturated heterocycles. The number of rotatable bonds is 7. The molecule has 1 amide bonds. The molecule has 1 atom stereocenters. The zero-order chi connectivity index (χ0) is 19.2. The van der Waals surface area contributed by atoms with Crippen molar-refractivity contribution in [3.8, 4) is 5.88 Å². The van der Waals surface area contributed by atoms with Crippen molar-refractivity contribution in [2.75, 3.05) is 45.9 Å². The van der Waals surface area contributed by atoms with E-state index in [2.05, 4.69) is 37.8 Å². The molecule has 0 aliphatic carbocycles. The zero-order valence-corrected chi connectivity index (χ0v) is 16.2. The van der Waals surface area contributed by atoms with Crippen molar-refractivity contribution in [1.29, 1.82) is 0 Å². The quantitative estimate of drug-likeness (QED) is 0.684. The van der Waals surface area contributed by atoms with E-state index in [1.54, 1.807) is 26.1 Å². The van der Waals surface area contributed by atoms with Gasteiger partial charge in [-0.3, -0.25) is 4.79 Å². The fraction of sp³-hybridized carbons (Fsp3) is 0.526. The molecule has 0 N–H and O–H groups in total. The van der Waals surface area contributed by atoms with E-state index >= 15 is 0 Å². The van der Waals surface area contributed by atoms with Crippen LogP contribution in [0.1, 0.15) is 12.1 Å². The van der Waals surface area contributed by atoms with Gasteiger partial charge in [-0.25, -0.2) is 9.97 Å². The molecule has 8 nitrogen and oxygen atoms in total. The fourth-order valence-corrected chi connectivity index (χ4v) is 3.19. The Balaban J connectivity index is 1.66. The molecular formula is C19H27N5O3. The summed E-state index contributed by atoms with van der Waals surface area (Å²) in [5.74, 6) is 1.78. The van der Waals surface area contributed by atoms with Gasteiger partial charge in [0.2, 0.25) is 11.8 Å². The SMILES string of the molecule is COc1cc(N2Cc3cccn3CC(CCOCC(=O)N(C)C)C2)ncn1. The molecule has 2 aromatic heterocycles. The van der Waals surface area contributed by atoms with Gasteiger partial charge in [0.25, 0.3) is 0 Å². The van der Waals surface area contributed by atoms with Crippen molar-refractivity contribution >= 4 is 11.7 Å². The molecule has 0 aromatic carbocycles. The molecule has 8 heteroatoms. The molecule has 1 aliphatic heterocycles. The Labute approximate surface area is 159 Å². The first-order chi connectivity index (χ1) is 13.1. The van der Waals surface area contributed by atoms with Crippen molar-refractivity contribution in [2.45, 2.75) is 19.5 Å². The number of fused-ring (bicyclic) bond motifs is 1. The van der Waals surface area contributed by atoms with Crippen molar-refractivity contribution in [2.24, 2.45) is 5.92 Å². The lowest BCUT2D eigenvalue weighted by Crippen LogP contribution is -2.30. The number of methoxy groups -OCH3 is 1. The third-order valence-corrected chi connectivity index (χ3v) is 4.77. The van der Waals surface area contributed by atoms with Gasteiger partial charge in [0.1, 0.15) is 18.8 Å². The van der Waals surface area contributed by atoms with E-state index < -0.39 is 0 Å². The summed E-state index contributed by atoms with van der Waals surface area (Å²) in [6.07, 6.45) is 4.52. The number of nitrogens with zero attached hydrogens (tertiary/aromatic N) is 5. The number of hydrogen-bond donors (Lipinski definition) is 0. The summed E-state index contributed by atoms with van der Waals surface area (Å²) in [5, 5.41) is 0. The number of anilines is 1. The summed E-state index contributed by atoms with van der Waals surface area (Å²) in [6, 6.07) is 6.07. The Morgan fingerprint density at radius 2 is 2.19 bits per heavy atom. The van der Waals surface area contributed by atoms with Crippen LogP contribution in [0, 0.1) is 5.92 Å². The molecule has 1 aliphatic rings. The Bertz CT molecular complexity index is 761. The van der Waals surface area contributed by atoms with Crippen molar-refractivity contribution in [3.63, 3.8) is 0 Å². The Kier molecular flexibility index (Phi) is 6.28. The predicted octanol–water partition coefficient (Wildman–Crippen LogP) is 1.42. The van der Waals surface area contributed by atoms with Gasteiger partial charge in [0.15, 0.2) is 0 Å². The van der Waals surface area contributed by atoms with Gasteiger partial charge in [-0.15, -0.1) is 0 Å². The monoisotopic (exact) mass is 373 g/mol. The van der Waals surface area contributed by atoms with Crippen LogP contribution in [-0.4, -0.2) is 66.3 Å². The summed E-state index contributed by atoms with van der Waals surface area (Å²) in [7, 11) is 5.08. The van der Waals surface area contributed by atoms with Crippen LogP contribution in [0.5, 0.6) is 5.88 Å². The highest BCUT2D eigenvalue weighted by Crippen LogP contribution is 2.25. The van der Waals surface area contributed by atoms with Crippen LogP contribution in [0.2, 0.25) is 0 Å². The molecule has 3 heterocycles. The van der Waals surface area contributed by atoms with E-state index in [1.807, 2.05) is 6.07 Å². The van der Waals surface area contributed by atoms with Gasteiger partial charge < -0.3 is 23.8 Å². The van der Waals surface area contributed by atoms with Crippen LogP contribution in [0.25, 0.3) is 0 Å². The van der Waals surface area contributed by atoms with E-state index in [-0.39, 0.29) is 12.5 Å². The Morgan fingerprint density at radius 1 is 1.33 bits per heavy atom. The molecule has 1 unspecified atom stereocenters. The molecule has 0 saturated carbocycles. The number of carbonyl (C=O) groups excluding carboxylic acids is 1. The summed E-state index contributed by atoms with van der Waals surface area (Å²) < 4.78 is 13.1. The highest BCUT2D eigenvalue weighted by atomic mass is 16.5. The summed E-state index contributed by atoms with van der Waals surface area (Å²) in [5.41, 5.74) is 1.25. The lowest BCUT2D eigenvalue weighted by Gasteiger charge is -2.25. The second-order valence-electron chi connectivity index (χ2n) is 6.95. The maximum absolute atomic E-state index is 11.6. The molecule has 0 fully saturated rings. The van der Waals surface area contributed by atoms with Crippen LogP contribution in [0.3, 0.4) is 0 Å². The van der Waals surface area contributed by atoms with Crippen LogP contribution >= 0.6 is 0 Å². The summed E-state index contributed by atoms with van der Waals surface area (Å²) in [4.78, 5) is 24.0. The predicted molar refractivity (Wildman–Crippen MR) is 102 cm³/mol. The van der Waals surface area contributed by atoms with Crippen LogP contribution in [0.4, 0.5) is 5.82 Å². The third-order valence-electron chi connectivity index (χ3n) is 4.77. The maximum Gasteiger partial charge on any atom is 0.248 e. The van der Waals surface area contributed by atoms with E-state index in [9.17, 15) is 4.79 Å². The first-order valence-electron chi connectivity index (χ1n) is 9.09. The van der Waals surface area contributed by atoms with Gasteiger partial charge >= 0.3 is 0 Å². The lowest BCUT2D eigenvalue weighted by atomic mass is 10.1. The molecule has 3 rings (SSSR count). The number of likely N-dealkylation sites (N-methyl/N-ethyl adjacent to an activating group) is 1. The third kappa shape index (κ3) is 4.97. The van der Waals surface area contributed by atoms with E-state index in [0.29, 0.717) is 18.4 Å². The molecule has 146 valence electrons. The first-order valence-corrected chi connectivity index (χ1v) is 9.09. The van der Waals surface area contributed by atoms with Crippen molar-refractivity contribution < 1.29 is 14.3 Å². The number of amides is 1. The number of hydrogen-bond acceptors (Lipinski definition) is 6. The summed E-state index contributed by atoms with van der Waals surface area (Å²) in [6.45, 7) is 3.24. The molecule has 0 radical (unpaired) electrons. The second-order valence-corrected chi connectivity index (χ2v) is 6.95. The van der Waals surface area contributed by atoms with Crippen molar-refractivity contribution in [1.82, 2.24) is 19.4 Å². The molecule has 27 heavy (non-hydrogen) atoms. The zero-order valence-electron chi connectivity index (χ0n) is 16.2. The largest absolute Gasteiger partial charge is 0.481 e.